The van der Waals surface area contributed by atoms with Crippen LogP contribution in [0, 0.1) is 6.92 Å². The maximum absolute atomic E-state index is 12.4. The molecule has 0 heterocycles. The summed E-state index contributed by atoms with van der Waals surface area (Å²) < 4.78 is 27.1. The van der Waals surface area contributed by atoms with Crippen LogP contribution in [0.1, 0.15) is 25.0 Å². The Labute approximate surface area is 124 Å². The van der Waals surface area contributed by atoms with E-state index >= 15 is 0 Å². The fraction of sp³-hybridized carbons (Fsp3) is 0.538. The number of hydrogen-bond acceptors (Lipinski definition) is 3. The molecule has 0 unspecified atom stereocenters. The van der Waals surface area contributed by atoms with Crippen LogP contribution in [0.25, 0.3) is 0 Å². The molecule has 0 atom stereocenters. The number of halogens is 1. The lowest BCUT2D eigenvalue weighted by molar-refractivity contribution is 0.485. The van der Waals surface area contributed by atoms with E-state index in [0.717, 1.165) is 22.1 Å². The Bertz CT molecular complexity index is 544. The van der Waals surface area contributed by atoms with Crippen molar-refractivity contribution >= 4 is 26.0 Å². The van der Waals surface area contributed by atoms with Crippen LogP contribution in [0.3, 0.4) is 0 Å². The SMILES string of the molecule is CCNCc1cc(Br)c(C)c(S(=O)(=O)N(C)CC)c1. The van der Waals surface area contributed by atoms with Crippen LogP contribution in [0.4, 0.5) is 0 Å². The molecule has 0 spiro atoms. The molecule has 0 amide bonds. The number of benzene rings is 1. The van der Waals surface area contributed by atoms with Crippen molar-refractivity contribution in [3.05, 3.63) is 27.7 Å². The Kier molecular flexibility index (Phi) is 5.98. The first kappa shape index (κ1) is 16.6. The zero-order valence-electron chi connectivity index (χ0n) is 11.8. The van der Waals surface area contributed by atoms with E-state index in [2.05, 4.69) is 21.2 Å². The maximum atomic E-state index is 12.4. The molecular formula is C13H21BrN2O2S. The first-order valence-electron chi connectivity index (χ1n) is 6.30. The molecule has 0 fully saturated rings. The molecule has 0 aromatic heterocycles. The zero-order valence-corrected chi connectivity index (χ0v) is 14.2. The summed E-state index contributed by atoms with van der Waals surface area (Å²) >= 11 is 3.44. The average molecular weight is 349 g/mol. The van der Waals surface area contributed by atoms with Crippen LogP contribution >= 0.6 is 15.9 Å². The summed E-state index contributed by atoms with van der Waals surface area (Å²) in [4.78, 5) is 0.374. The molecule has 0 radical (unpaired) electrons. The van der Waals surface area contributed by atoms with E-state index in [1.54, 1.807) is 13.1 Å². The number of sulfonamides is 1. The third-order valence-corrected chi connectivity index (χ3v) is 5.95. The van der Waals surface area contributed by atoms with Gasteiger partial charge in [0.15, 0.2) is 0 Å². The molecule has 0 aliphatic heterocycles. The second kappa shape index (κ2) is 6.83. The van der Waals surface area contributed by atoms with Crippen molar-refractivity contribution in [2.45, 2.75) is 32.2 Å². The summed E-state index contributed by atoms with van der Waals surface area (Å²) in [6.45, 7) is 7.63. The average Bonchev–Trinajstić information content (AvgIpc) is 2.38. The summed E-state index contributed by atoms with van der Waals surface area (Å²) in [5.41, 5.74) is 1.71. The van der Waals surface area contributed by atoms with Crippen LogP contribution in [0.15, 0.2) is 21.5 Å². The first-order chi connectivity index (χ1) is 8.84. The third kappa shape index (κ3) is 3.78. The molecule has 0 saturated carbocycles. The van der Waals surface area contributed by atoms with Crippen molar-refractivity contribution in [2.24, 2.45) is 0 Å². The molecule has 108 valence electrons. The van der Waals surface area contributed by atoms with Gasteiger partial charge >= 0.3 is 0 Å². The molecule has 1 rings (SSSR count). The van der Waals surface area contributed by atoms with Crippen LogP contribution < -0.4 is 5.32 Å². The molecule has 0 aliphatic rings. The maximum Gasteiger partial charge on any atom is 0.243 e. The van der Waals surface area contributed by atoms with Gasteiger partial charge in [0.1, 0.15) is 0 Å². The van der Waals surface area contributed by atoms with E-state index in [4.69, 9.17) is 0 Å². The smallest absolute Gasteiger partial charge is 0.243 e. The van der Waals surface area contributed by atoms with Gasteiger partial charge < -0.3 is 5.32 Å². The minimum absolute atomic E-state index is 0.374. The van der Waals surface area contributed by atoms with Gasteiger partial charge in [-0.1, -0.05) is 29.8 Å². The standard InChI is InChI=1S/C13H21BrN2O2S/c1-5-15-9-11-7-12(14)10(3)13(8-11)19(17,18)16(4)6-2/h7-8,15H,5-6,9H2,1-4H3. The van der Waals surface area contributed by atoms with Gasteiger partial charge in [-0.05, 0) is 36.7 Å². The topological polar surface area (TPSA) is 49.4 Å². The molecular weight excluding hydrogens is 328 g/mol. The molecule has 19 heavy (non-hydrogen) atoms. The lowest BCUT2D eigenvalue weighted by Crippen LogP contribution is -2.27. The predicted molar refractivity (Wildman–Crippen MR) is 81.7 cm³/mol. The number of rotatable bonds is 6. The van der Waals surface area contributed by atoms with E-state index in [1.807, 2.05) is 26.8 Å². The molecule has 4 nitrogen and oxygen atoms in total. The van der Waals surface area contributed by atoms with Gasteiger partial charge in [-0.25, -0.2) is 12.7 Å². The highest BCUT2D eigenvalue weighted by atomic mass is 79.9. The van der Waals surface area contributed by atoms with Gasteiger partial charge in [-0.2, -0.15) is 0 Å². The Balaban J connectivity index is 3.30. The fourth-order valence-corrected chi connectivity index (χ4v) is 3.80. The van der Waals surface area contributed by atoms with Gasteiger partial charge in [0, 0.05) is 24.6 Å². The van der Waals surface area contributed by atoms with E-state index in [-0.39, 0.29) is 0 Å². The molecule has 0 saturated heterocycles. The lowest BCUT2D eigenvalue weighted by atomic mass is 10.1. The Morgan fingerprint density at radius 1 is 1.32 bits per heavy atom. The number of nitrogens with zero attached hydrogens (tertiary/aromatic N) is 1. The Morgan fingerprint density at radius 2 is 1.95 bits per heavy atom. The van der Waals surface area contributed by atoms with E-state index in [0.29, 0.717) is 18.0 Å². The normalized spacial score (nSPS) is 12.1. The highest BCUT2D eigenvalue weighted by Gasteiger charge is 2.23. The fourth-order valence-electron chi connectivity index (χ4n) is 1.68. The molecule has 1 N–H and O–H groups in total. The largest absolute Gasteiger partial charge is 0.313 e. The van der Waals surface area contributed by atoms with Crippen molar-refractivity contribution in [2.75, 3.05) is 20.1 Å². The predicted octanol–water partition coefficient (Wildman–Crippen LogP) is 2.51. The van der Waals surface area contributed by atoms with Gasteiger partial charge in [0.25, 0.3) is 0 Å². The van der Waals surface area contributed by atoms with Gasteiger partial charge in [-0.15, -0.1) is 0 Å². The summed E-state index contributed by atoms with van der Waals surface area (Å²) in [6.07, 6.45) is 0. The third-order valence-electron chi connectivity index (χ3n) is 3.07. The zero-order chi connectivity index (χ0) is 14.6. The monoisotopic (exact) mass is 348 g/mol. The molecule has 1 aromatic rings. The summed E-state index contributed by atoms with van der Waals surface area (Å²) in [5.74, 6) is 0. The van der Waals surface area contributed by atoms with E-state index in [9.17, 15) is 8.42 Å². The highest BCUT2D eigenvalue weighted by Crippen LogP contribution is 2.27. The Hall–Kier alpha value is -0.430. The summed E-state index contributed by atoms with van der Waals surface area (Å²) in [6, 6.07) is 3.72. The second-order valence-corrected chi connectivity index (χ2v) is 7.27. The number of hydrogen-bond donors (Lipinski definition) is 1. The minimum Gasteiger partial charge on any atom is -0.313 e. The molecule has 0 bridgehead atoms. The van der Waals surface area contributed by atoms with Crippen molar-refractivity contribution in [1.82, 2.24) is 9.62 Å². The van der Waals surface area contributed by atoms with Gasteiger partial charge in [-0.3, -0.25) is 0 Å². The molecule has 1 aromatic carbocycles. The van der Waals surface area contributed by atoms with Crippen molar-refractivity contribution < 1.29 is 8.42 Å². The lowest BCUT2D eigenvalue weighted by Gasteiger charge is -2.18. The first-order valence-corrected chi connectivity index (χ1v) is 8.54. The van der Waals surface area contributed by atoms with E-state index < -0.39 is 10.0 Å². The van der Waals surface area contributed by atoms with E-state index in [1.165, 1.54) is 4.31 Å². The van der Waals surface area contributed by atoms with Gasteiger partial charge in [0.05, 0.1) is 4.90 Å². The molecule has 0 aliphatic carbocycles. The molecule has 6 heteroatoms. The van der Waals surface area contributed by atoms with Crippen molar-refractivity contribution in [3.63, 3.8) is 0 Å². The van der Waals surface area contributed by atoms with Crippen LogP contribution in [-0.2, 0) is 16.6 Å². The van der Waals surface area contributed by atoms with Crippen molar-refractivity contribution in [1.29, 1.82) is 0 Å². The highest BCUT2D eigenvalue weighted by molar-refractivity contribution is 9.10. The summed E-state index contributed by atoms with van der Waals surface area (Å²) in [5, 5.41) is 3.20. The second-order valence-electron chi connectivity index (χ2n) is 4.40. The van der Waals surface area contributed by atoms with Crippen LogP contribution in [0.5, 0.6) is 0 Å². The van der Waals surface area contributed by atoms with Crippen LogP contribution in [0.2, 0.25) is 0 Å². The Morgan fingerprint density at radius 3 is 2.47 bits per heavy atom. The minimum atomic E-state index is -3.41. The quantitative estimate of drug-likeness (QED) is 0.859. The van der Waals surface area contributed by atoms with Gasteiger partial charge in [0.2, 0.25) is 10.0 Å². The van der Waals surface area contributed by atoms with Crippen LogP contribution in [-0.4, -0.2) is 32.9 Å². The summed E-state index contributed by atoms with van der Waals surface area (Å²) in [7, 11) is -1.82. The van der Waals surface area contributed by atoms with Crippen molar-refractivity contribution in [3.8, 4) is 0 Å². The number of nitrogens with one attached hydrogen (secondary N) is 1.